The first-order valence-corrected chi connectivity index (χ1v) is 7.67. The standard InChI is InChI=1S/C18H18N2O4/c1-13(18(21)20-15-5-3-2-4-6-15)24-19-12-14-7-8-16-17(11-14)23-10-9-22-16/h2-8,11-13H,9-10H2,1H3,(H,20,21). The molecule has 0 bridgehead atoms. The van der Waals surface area contributed by atoms with Crippen molar-refractivity contribution in [1.82, 2.24) is 0 Å². The van der Waals surface area contributed by atoms with Gasteiger partial charge in [0.15, 0.2) is 11.5 Å². The highest BCUT2D eigenvalue weighted by atomic mass is 16.6. The zero-order chi connectivity index (χ0) is 16.8. The highest BCUT2D eigenvalue weighted by Gasteiger charge is 2.14. The SMILES string of the molecule is CC(ON=Cc1ccc2c(c1)OCCO2)C(=O)Nc1ccccc1. The van der Waals surface area contributed by atoms with E-state index in [0.717, 1.165) is 11.3 Å². The van der Waals surface area contributed by atoms with E-state index in [9.17, 15) is 4.79 Å². The molecule has 1 atom stereocenters. The van der Waals surface area contributed by atoms with E-state index in [1.807, 2.05) is 48.5 Å². The van der Waals surface area contributed by atoms with Gasteiger partial charge in [0.05, 0.1) is 6.21 Å². The summed E-state index contributed by atoms with van der Waals surface area (Å²) in [4.78, 5) is 17.2. The summed E-state index contributed by atoms with van der Waals surface area (Å²) < 4.78 is 11.0. The van der Waals surface area contributed by atoms with Gasteiger partial charge in [-0.25, -0.2) is 0 Å². The van der Waals surface area contributed by atoms with E-state index < -0.39 is 6.10 Å². The van der Waals surface area contributed by atoms with Crippen LogP contribution in [0.25, 0.3) is 0 Å². The third-order valence-corrected chi connectivity index (χ3v) is 3.40. The number of amides is 1. The van der Waals surface area contributed by atoms with E-state index in [0.29, 0.717) is 24.7 Å². The molecule has 24 heavy (non-hydrogen) atoms. The second-order valence-corrected chi connectivity index (χ2v) is 5.24. The number of anilines is 1. The average molecular weight is 326 g/mol. The number of carbonyl (C=O) groups excluding carboxylic acids is 1. The molecule has 0 saturated carbocycles. The Kier molecular flexibility index (Phi) is 4.96. The Balaban J connectivity index is 1.54. The Bertz CT molecular complexity index is 731. The minimum absolute atomic E-state index is 0.263. The molecule has 0 radical (unpaired) electrons. The number of fused-ring (bicyclic) bond motifs is 1. The van der Waals surface area contributed by atoms with Crippen molar-refractivity contribution < 1.29 is 19.1 Å². The van der Waals surface area contributed by atoms with Gasteiger partial charge in [-0.3, -0.25) is 4.79 Å². The van der Waals surface area contributed by atoms with E-state index in [2.05, 4.69) is 10.5 Å². The maximum Gasteiger partial charge on any atom is 0.267 e. The normalized spacial score (nSPS) is 14.2. The largest absolute Gasteiger partial charge is 0.486 e. The van der Waals surface area contributed by atoms with Crippen molar-refractivity contribution in [2.75, 3.05) is 18.5 Å². The highest BCUT2D eigenvalue weighted by Crippen LogP contribution is 2.30. The number of rotatable bonds is 5. The van der Waals surface area contributed by atoms with Gasteiger partial charge in [0.1, 0.15) is 13.2 Å². The van der Waals surface area contributed by atoms with Crippen LogP contribution in [-0.4, -0.2) is 31.4 Å². The summed E-state index contributed by atoms with van der Waals surface area (Å²) >= 11 is 0. The molecule has 2 aromatic carbocycles. The molecule has 6 heteroatoms. The molecule has 1 aliphatic rings. The van der Waals surface area contributed by atoms with Crippen molar-refractivity contribution in [2.45, 2.75) is 13.0 Å². The minimum atomic E-state index is -0.710. The summed E-state index contributed by atoms with van der Waals surface area (Å²) in [5, 5.41) is 6.63. The molecule has 0 saturated heterocycles. The Morgan fingerprint density at radius 2 is 1.92 bits per heavy atom. The fourth-order valence-corrected chi connectivity index (χ4v) is 2.14. The lowest BCUT2D eigenvalue weighted by Crippen LogP contribution is -2.26. The van der Waals surface area contributed by atoms with Crippen molar-refractivity contribution in [3.05, 3.63) is 54.1 Å². The first-order chi connectivity index (χ1) is 11.7. The molecule has 0 fully saturated rings. The Morgan fingerprint density at radius 3 is 2.71 bits per heavy atom. The molecule has 0 aromatic heterocycles. The Hall–Kier alpha value is -3.02. The summed E-state index contributed by atoms with van der Waals surface area (Å²) in [5.41, 5.74) is 1.52. The predicted octanol–water partition coefficient (Wildman–Crippen LogP) is 2.84. The number of para-hydroxylation sites is 1. The number of oxime groups is 1. The first kappa shape index (κ1) is 15.9. The Labute approximate surface area is 140 Å². The number of ether oxygens (including phenoxy) is 2. The topological polar surface area (TPSA) is 69.1 Å². The van der Waals surface area contributed by atoms with Crippen LogP contribution < -0.4 is 14.8 Å². The van der Waals surface area contributed by atoms with Crippen LogP contribution in [-0.2, 0) is 9.63 Å². The van der Waals surface area contributed by atoms with Gasteiger partial charge in [-0.1, -0.05) is 23.4 Å². The van der Waals surface area contributed by atoms with Crippen LogP contribution in [0.5, 0.6) is 11.5 Å². The fourth-order valence-electron chi connectivity index (χ4n) is 2.14. The third kappa shape index (κ3) is 4.04. The molecule has 1 amide bonds. The zero-order valence-electron chi connectivity index (χ0n) is 13.3. The van der Waals surface area contributed by atoms with Crippen molar-refractivity contribution in [1.29, 1.82) is 0 Å². The van der Waals surface area contributed by atoms with Gasteiger partial charge in [-0.2, -0.15) is 0 Å². The van der Waals surface area contributed by atoms with Gasteiger partial charge in [-0.15, -0.1) is 0 Å². The van der Waals surface area contributed by atoms with Gasteiger partial charge in [0.2, 0.25) is 6.10 Å². The van der Waals surface area contributed by atoms with Gasteiger partial charge in [0, 0.05) is 11.3 Å². The third-order valence-electron chi connectivity index (χ3n) is 3.40. The number of hydrogen-bond donors (Lipinski definition) is 1. The summed E-state index contributed by atoms with van der Waals surface area (Å²) in [5.74, 6) is 1.13. The molecule has 0 spiro atoms. The van der Waals surface area contributed by atoms with Crippen molar-refractivity contribution >= 4 is 17.8 Å². The maximum absolute atomic E-state index is 12.0. The molecule has 1 unspecified atom stereocenters. The quantitative estimate of drug-likeness (QED) is 0.677. The molecule has 1 aliphatic heterocycles. The Morgan fingerprint density at radius 1 is 1.17 bits per heavy atom. The van der Waals surface area contributed by atoms with Crippen LogP contribution in [0.2, 0.25) is 0 Å². The van der Waals surface area contributed by atoms with Gasteiger partial charge >= 0.3 is 0 Å². The van der Waals surface area contributed by atoms with E-state index in [1.165, 1.54) is 6.21 Å². The van der Waals surface area contributed by atoms with Crippen LogP contribution in [0.15, 0.2) is 53.7 Å². The van der Waals surface area contributed by atoms with Crippen molar-refractivity contribution in [2.24, 2.45) is 5.16 Å². The highest BCUT2D eigenvalue weighted by molar-refractivity contribution is 5.93. The molecule has 1 heterocycles. The number of carbonyl (C=O) groups is 1. The van der Waals surface area contributed by atoms with E-state index in [1.54, 1.807) is 6.92 Å². The van der Waals surface area contributed by atoms with E-state index in [-0.39, 0.29) is 5.91 Å². The lowest BCUT2D eigenvalue weighted by Gasteiger charge is -2.18. The number of nitrogens with zero attached hydrogens (tertiary/aromatic N) is 1. The molecule has 3 rings (SSSR count). The number of hydrogen-bond acceptors (Lipinski definition) is 5. The number of benzene rings is 2. The molecular formula is C18H18N2O4. The average Bonchev–Trinajstić information content (AvgIpc) is 2.62. The van der Waals surface area contributed by atoms with Crippen molar-refractivity contribution in [3.63, 3.8) is 0 Å². The van der Waals surface area contributed by atoms with Crippen LogP contribution in [0.1, 0.15) is 12.5 Å². The molecule has 124 valence electrons. The fraction of sp³-hybridized carbons (Fsp3) is 0.222. The lowest BCUT2D eigenvalue weighted by molar-refractivity contribution is -0.126. The molecule has 6 nitrogen and oxygen atoms in total. The predicted molar refractivity (Wildman–Crippen MR) is 90.6 cm³/mol. The second-order valence-electron chi connectivity index (χ2n) is 5.24. The van der Waals surface area contributed by atoms with Crippen LogP contribution in [0.3, 0.4) is 0 Å². The van der Waals surface area contributed by atoms with E-state index in [4.69, 9.17) is 14.3 Å². The van der Waals surface area contributed by atoms with Crippen LogP contribution in [0, 0.1) is 0 Å². The van der Waals surface area contributed by atoms with Gasteiger partial charge in [0.25, 0.3) is 5.91 Å². The molecule has 2 aromatic rings. The summed E-state index contributed by atoms with van der Waals surface area (Å²) in [7, 11) is 0. The molecular weight excluding hydrogens is 308 g/mol. The van der Waals surface area contributed by atoms with Gasteiger partial charge < -0.3 is 19.6 Å². The summed E-state index contributed by atoms with van der Waals surface area (Å²) in [6.07, 6.45) is 0.823. The number of nitrogens with one attached hydrogen (secondary N) is 1. The second kappa shape index (κ2) is 7.50. The van der Waals surface area contributed by atoms with Crippen LogP contribution in [0.4, 0.5) is 5.69 Å². The summed E-state index contributed by atoms with van der Waals surface area (Å²) in [6.45, 7) is 2.72. The van der Waals surface area contributed by atoms with Gasteiger partial charge in [-0.05, 0) is 37.3 Å². The maximum atomic E-state index is 12.0. The lowest BCUT2D eigenvalue weighted by atomic mass is 10.2. The first-order valence-electron chi connectivity index (χ1n) is 7.67. The van der Waals surface area contributed by atoms with E-state index >= 15 is 0 Å². The molecule has 1 N–H and O–H groups in total. The zero-order valence-corrected chi connectivity index (χ0v) is 13.3. The summed E-state index contributed by atoms with van der Waals surface area (Å²) in [6, 6.07) is 14.7. The van der Waals surface area contributed by atoms with Crippen molar-refractivity contribution in [3.8, 4) is 11.5 Å². The monoisotopic (exact) mass is 326 g/mol. The minimum Gasteiger partial charge on any atom is -0.486 e. The molecule has 0 aliphatic carbocycles. The van der Waals surface area contributed by atoms with Crippen LogP contribution >= 0.6 is 0 Å². The smallest absolute Gasteiger partial charge is 0.267 e.